The molecule has 0 aliphatic heterocycles. The highest BCUT2D eigenvalue weighted by Gasteiger charge is 2.24. The van der Waals surface area contributed by atoms with Gasteiger partial charge in [-0.05, 0) is 50.0 Å². The Labute approximate surface area is 98.8 Å². The Hall–Kier alpha value is -0.880. The molecule has 1 aliphatic rings. The molecule has 2 nitrogen and oxygen atoms in total. The predicted octanol–water partition coefficient (Wildman–Crippen LogP) is 4.46. The van der Waals surface area contributed by atoms with Gasteiger partial charge in [0.1, 0.15) is 6.04 Å². The van der Waals surface area contributed by atoms with E-state index < -0.39 is 0 Å². The summed E-state index contributed by atoms with van der Waals surface area (Å²) in [5.41, 5.74) is 3.82. The van der Waals surface area contributed by atoms with E-state index in [0.29, 0.717) is 0 Å². The second-order valence-corrected chi connectivity index (χ2v) is 5.17. The van der Waals surface area contributed by atoms with Gasteiger partial charge in [-0.1, -0.05) is 31.5 Å². The Morgan fingerprint density at radius 1 is 1.50 bits per heavy atom. The van der Waals surface area contributed by atoms with Crippen molar-refractivity contribution < 1.29 is 0 Å². The first-order chi connectivity index (χ1) is 7.67. The molecule has 2 heteroatoms. The minimum Gasteiger partial charge on any atom is -0.150 e. The summed E-state index contributed by atoms with van der Waals surface area (Å²) in [7, 11) is 0. The maximum atomic E-state index is 10.4. The van der Waals surface area contributed by atoms with Gasteiger partial charge in [0.2, 0.25) is 0 Å². The molecule has 1 unspecified atom stereocenters. The Morgan fingerprint density at radius 2 is 2.19 bits per heavy atom. The Balaban J connectivity index is 2.10. The van der Waals surface area contributed by atoms with Crippen LogP contribution in [0.5, 0.6) is 0 Å². The molecule has 0 radical (unpaired) electrons. The van der Waals surface area contributed by atoms with Gasteiger partial charge in [0.05, 0.1) is 0 Å². The van der Waals surface area contributed by atoms with Gasteiger partial charge in [0.25, 0.3) is 0 Å². The van der Waals surface area contributed by atoms with Crippen molar-refractivity contribution in [2.45, 2.75) is 58.4 Å². The first kappa shape index (κ1) is 13.2. The highest BCUT2D eigenvalue weighted by Crippen LogP contribution is 2.36. The van der Waals surface area contributed by atoms with Crippen LogP contribution in [0.25, 0.3) is 0 Å². The number of nitrogens with zero attached hydrogens (tertiary/aromatic N) is 1. The third-order valence-corrected chi connectivity index (χ3v) is 3.67. The molecular formula is C14H23NO. The monoisotopic (exact) mass is 221 g/mol. The summed E-state index contributed by atoms with van der Waals surface area (Å²) in [5.74, 6) is 1.92. The summed E-state index contributed by atoms with van der Waals surface area (Å²) in [5, 5.41) is 3.02. The zero-order valence-electron chi connectivity index (χ0n) is 10.5. The van der Waals surface area contributed by atoms with Gasteiger partial charge in [-0.2, -0.15) is 4.91 Å². The van der Waals surface area contributed by atoms with E-state index in [1.807, 2.05) is 6.92 Å². The van der Waals surface area contributed by atoms with Crippen LogP contribution in [0.2, 0.25) is 0 Å². The molecule has 0 N–H and O–H groups in total. The normalized spacial score (nSPS) is 25.4. The molecule has 90 valence electrons. The molecule has 0 spiro atoms. The summed E-state index contributed by atoms with van der Waals surface area (Å²) in [4.78, 5) is 10.4. The fourth-order valence-electron chi connectivity index (χ4n) is 2.56. The summed E-state index contributed by atoms with van der Waals surface area (Å²) in [6.07, 6.45) is 7.50. The van der Waals surface area contributed by atoms with Gasteiger partial charge < -0.3 is 0 Å². The summed E-state index contributed by atoms with van der Waals surface area (Å²) in [6, 6.07) is -0.249. The number of rotatable bonds is 7. The summed E-state index contributed by atoms with van der Waals surface area (Å²) in [6.45, 7) is 7.76. The lowest BCUT2D eigenvalue weighted by Gasteiger charge is -2.32. The van der Waals surface area contributed by atoms with Crippen LogP contribution in [0.4, 0.5) is 0 Å². The number of nitroso groups, excluding NO2 is 1. The van der Waals surface area contributed by atoms with Crippen LogP contribution in [0.3, 0.4) is 0 Å². The summed E-state index contributed by atoms with van der Waals surface area (Å²) < 4.78 is 0. The Morgan fingerprint density at radius 3 is 2.69 bits per heavy atom. The molecule has 1 fully saturated rings. The number of hydrogen-bond donors (Lipinski definition) is 0. The molecule has 1 saturated carbocycles. The maximum Gasteiger partial charge on any atom is 0.117 e. The quantitative estimate of drug-likeness (QED) is 0.354. The van der Waals surface area contributed by atoms with E-state index >= 15 is 0 Å². The molecule has 0 bridgehead atoms. The third kappa shape index (κ3) is 3.94. The molecular weight excluding hydrogens is 198 g/mol. The first-order valence-electron chi connectivity index (χ1n) is 6.38. The number of unbranched alkanes of at least 4 members (excludes halogenated alkanes) is 1. The minimum absolute atomic E-state index is 0.249. The highest BCUT2D eigenvalue weighted by atomic mass is 16.3. The third-order valence-electron chi connectivity index (χ3n) is 3.67. The molecule has 16 heavy (non-hydrogen) atoms. The van der Waals surface area contributed by atoms with Crippen LogP contribution < -0.4 is 0 Å². The standard InChI is InChI=1S/C14H23NO/c1-4-14(12(3)15-16)8-6-5-7-13-9-11(2)10-13/h11-13H,1,5-10H2,2-3H3. The van der Waals surface area contributed by atoms with Crippen molar-refractivity contribution in [1.29, 1.82) is 0 Å². The zero-order chi connectivity index (χ0) is 12.0. The van der Waals surface area contributed by atoms with Gasteiger partial charge >= 0.3 is 0 Å². The lowest BCUT2D eigenvalue weighted by Crippen LogP contribution is -2.20. The lowest BCUT2D eigenvalue weighted by atomic mass is 9.73. The van der Waals surface area contributed by atoms with E-state index in [1.165, 1.54) is 25.7 Å². The molecule has 0 aromatic rings. The van der Waals surface area contributed by atoms with Crippen LogP contribution in [0, 0.1) is 16.7 Å². The van der Waals surface area contributed by atoms with Crippen molar-refractivity contribution in [3.05, 3.63) is 22.8 Å². The molecule has 0 saturated heterocycles. The van der Waals surface area contributed by atoms with Crippen molar-refractivity contribution in [3.63, 3.8) is 0 Å². The van der Waals surface area contributed by atoms with Crippen molar-refractivity contribution in [2.24, 2.45) is 17.0 Å². The molecule has 1 rings (SSSR count). The zero-order valence-corrected chi connectivity index (χ0v) is 10.5. The average Bonchev–Trinajstić information content (AvgIpc) is 2.25. The molecule has 0 heterocycles. The van der Waals surface area contributed by atoms with Gasteiger partial charge in [-0.25, -0.2) is 0 Å². The fourth-order valence-corrected chi connectivity index (χ4v) is 2.56. The van der Waals surface area contributed by atoms with E-state index in [0.717, 1.165) is 30.3 Å². The predicted molar refractivity (Wildman–Crippen MR) is 68.3 cm³/mol. The molecule has 0 amide bonds. The summed E-state index contributed by atoms with van der Waals surface area (Å²) >= 11 is 0. The SMILES string of the molecule is C=C=C(CCCCC1CC(C)C1)C(C)N=O. The molecule has 0 aromatic carbocycles. The van der Waals surface area contributed by atoms with Crippen LogP contribution in [0.1, 0.15) is 52.4 Å². The van der Waals surface area contributed by atoms with Gasteiger partial charge in [-0.15, -0.1) is 5.73 Å². The van der Waals surface area contributed by atoms with Gasteiger partial charge in [0.15, 0.2) is 0 Å². The molecule has 1 aliphatic carbocycles. The van der Waals surface area contributed by atoms with Gasteiger partial charge in [0, 0.05) is 0 Å². The Kier molecular flexibility index (Phi) is 5.48. The molecule has 0 aromatic heterocycles. The molecule has 1 atom stereocenters. The largest absolute Gasteiger partial charge is 0.150 e. The van der Waals surface area contributed by atoms with Crippen LogP contribution in [0.15, 0.2) is 23.1 Å². The van der Waals surface area contributed by atoms with Crippen molar-refractivity contribution in [3.8, 4) is 0 Å². The Bertz CT molecular complexity index is 272. The van der Waals surface area contributed by atoms with Crippen molar-refractivity contribution >= 4 is 0 Å². The van der Waals surface area contributed by atoms with Crippen molar-refractivity contribution in [1.82, 2.24) is 0 Å². The van der Waals surface area contributed by atoms with Crippen LogP contribution in [-0.4, -0.2) is 6.04 Å². The van der Waals surface area contributed by atoms with Crippen LogP contribution >= 0.6 is 0 Å². The van der Waals surface area contributed by atoms with Gasteiger partial charge in [-0.3, -0.25) is 0 Å². The van der Waals surface area contributed by atoms with E-state index in [9.17, 15) is 4.91 Å². The number of hydrogen-bond acceptors (Lipinski definition) is 2. The smallest absolute Gasteiger partial charge is 0.117 e. The van der Waals surface area contributed by atoms with E-state index in [-0.39, 0.29) is 6.04 Å². The topological polar surface area (TPSA) is 29.4 Å². The van der Waals surface area contributed by atoms with Crippen LogP contribution in [-0.2, 0) is 0 Å². The maximum absolute atomic E-state index is 10.4. The average molecular weight is 221 g/mol. The second kappa shape index (κ2) is 6.65. The lowest BCUT2D eigenvalue weighted by molar-refractivity contribution is 0.195. The van der Waals surface area contributed by atoms with Crippen molar-refractivity contribution in [2.75, 3.05) is 0 Å². The van der Waals surface area contributed by atoms with E-state index in [2.05, 4.69) is 24.4 Å². The van der Waals surface area contributed by atoms with E-state index in [4.69, 9.17) is 0 Å². The second-order valence-electron chi connectivity index (χ2n) is 5.17. The highest BCUT2D eigenvalue weighted by molar-refractivity contribution is 5.07. The minimum atomic E-state index is -0.249. The fraction of sp³-hybridized carbons (Fsp3) is 0.786. The van der Waals surface area contributed by atoms with E-state index in [1.54, 1.807) is 0 Å². The first-order valence-corrected chi connectivity index (χ1v) is 6.38.